The van der Waals surface area contributed by atoms with Crippen LogP contribution in [0.4, 0.5) is 5.69 Å². The molecule has 0 aliphatic rings. The largest absolute Gasteiger partial charge is 0.337 e. The molecule has 0 radical (unpaired) electrons. The lowest BCUT2D eigenvalue weighted by atomic mass is 10.1. The Hall–Kier alpha value is -2.07. The van der Waals surface area contributed by atoms with Crippen molar-refractivity contribution in [1.29, 1.82) is 0 Å². The molecule has 0 fully saturated rings. The lowest BCUT2D eigenvalue weighted by Gasteiger charge is -2.10. The van der Waals surface area contributed by atoms with Crippen molar-refractivity contribution in [1.82, 2.24) is 4.57 Å². The number of halogens is 1. The van der Waals surface area contributed by atoms with E-state index in [-0.39, 0.29) is 5.91 Å². The van der Waals surface area contributed by atoms with Gasteiger partial charge in [0.15, 0.2) is 0 Å². The van der Waals surface area contributed by atoms with Gasteiger partial charge < -0.3 is 9.88 Å². The number of aryl methyl sites for hydroxylation is 3. The summed E-state index contributed by atoms with van der Waals surface area (Å²) in [5.41, 5.74) is 4.98. The van der Waals surface area contributed by atoms with Crippen molar-refractivity contribution in [2.24, 2.45) is 0 Å². The molecule has 1 heterocycles. The highest BCUT2D eigenvalue weighted by molar-refractivity contribution is 9.10. The number of fused-ring (bicyclic) bond motifs is 1. The van der Waals surface area contributed by atoms with Crippen LogP contribution in [0.5, 0.6) is 0 Å². The van der Waals surface area contributed by atoms with E-state index in [2.05, 4.69) is 57.9 Å². The average Bonchev–Trinajstić information content (AvgIpc) is 2.88. The molecular weight excluding hydrogens is 364 g/mol. The topological polar surface area (TPSA) is 34.0 Å². The van der Waals surface area contributed by atoms with E-state index in [4.69, 9.17) is 0 Å². The molecule has 0 unspecified atom stereocenters. The van der Waals surface area contributed by atoms with Gasteiger partial charge in [0.2, 0.25) is 0 Å². The Labute approximate surface area is 150 Å². The zero-order valence-corrected chi connectivity index (χ0v) is 15.8. The highest BCUT2D eigenvalue weighted by atomic mass is 79.9. The van der Waals surface area contributed by atoms with E-state index in [1.807, 2.05) is 31.2 Å². The van der Waals surface area contributed by atoms with Gasteiger partial charge in [-0.05, 0) is 67.8 Å². The maximum Gasteiger partial charge on any atom is 0.272 e. The molecule has 1 amide bonds. The van der Waals surface area contributed by atoms with Crippen LogP contribution in [0.3, 0.4) is 0 Å². The van der Waals surface area contributed by atoms with Crippen molar-refractivity contribution < 1.29 is 4.79 Å². The third-order valence-corrected chi connectivity index (χ3v) is 4.95. The predicted molar refractivity (Wildman–Crippen MR) is 104 cm³/mol. The van der Waals surface area contributed by atoms with Crippen LogP contribution >= 0.6 is 15.9 Å². The second-order valence-electron chi connectivity index (χ2n) is 5.88. The normalized spacial score (nSPS) is 11.0. The van der Waals surface area contributed by atoms with Crippen LogP contribution < -0.4 is 5.32 Å². The summed E-state index contributed by atoms with van der Waals surface area (Å²) in [5, 5.41) is 4.17. The molecule has 0 aliphatic carbocycles. The summed E-state index contributed by atoms with van der Waals surface area (Å²) in [6.07, 6.45) is 0.993. The minimum absolute atomic E-state index is 0.0640. The van der Waals surface area contributed by atoms with E-state index in [9.17, 15) is 4.79 Å². The van der Waals surface area contributed by atoms with Gasteiger partial charge in [-0.1, -0.05) is 28.9 Å². The summed E-state index contributed by atoms with van der Waals surface area (Å²) >= 11 is 3.41. The number of carbonyl (C=O) groups excluding carboxylic acids is 1. The Bertz CT molecular complexity index is 894. The second kappa shape index (κ2) is 6.81. The Balaban J connectivity index is 2.05. The average molecular weight is 385 g/mol. The van der Waals surface area contributed by atoms with E-state index >= 15 is 0 Å². The molecule has 1 N–H and O–H groups in total. The van der Waals surface area contributed by atoms with E-state index in [0.29, 0.717) is 0 Å². The first-order chi connectivity index (χ1) is 11.5. The first kappa shape index (κ1) is 16.8. The highest BCUT2D eigenvalue weighted by Gasteiger charge is 2.19. The third kappa shape index (κ3) is 2.98. The Morgan fingerprint density at radius 3 is 2.46 bits per heavy atom. The van der Waals surface area contributed by atoms with Gasteiger partial charge in [0, 0.05) is 27.6 Å². The molecule has 0 saturated heterocycles. The van der Waals surface area contributed by atoms with Crippen molar-refractivity contribution in [3.05, 3.63) is 63.8 Å². The monoisotopic (exact) mass is 384 g/mol. The van der Waals surface area contributed by atoms with E-state index in [1.54, 1.807) is 0 Å². The molecule has 24 heavy (non-hydrogen) atoms. The molecule has 3 rings (SSSR count). The van der Waals surface area contributed by atoms with Gasteiger partial charge in [0.05, 0.1) is 0 Å². The first-order valence-electron chi connectivity index (χ1n) is 8.23. The Kier molecular flexibility index (Phi) is 4.76. The Morgan fingerprint density at radius 2 is 1.83 bits per heavy atom. The van der Waals surface area contributed by atoms with Gasteiger partial charge in [-0.2, -0.15) is 0 Å². The SMILES string of the molecule is CCc1ccc2c(c1)c(C)c(C(=O)Nc1ccc(Br)cc1)n2CC. The van der Waals surface area contributed by atoms with Crippen molar-refractivity contribution in [3.63, 3.8) is 0 Å². The molecule has 0 atom stereocenters. The van der Waals surface area contributed by atoms with E-state index < -0.39 is 0 Å². The number of benzene rings is 2. The lowest BCUT2D eigenvalue weighted by Crippen LogP contribution is -2.17. The van der Waals surface area contributed by atoms with Gasteiger partial charge in [-0.15, -0.1) is 0 Å². The van der Waals surface area contributed by atoms with E-state index in [1.165, 1.54) is 5.56 Å². The quantitative estimate of drug-likeness (QED) is 0.628. The molecule has 3 nitrogen and oxygen atoms in total. The Morgan fingerprint density at radius 1 is 1.12 bits per heavy atom. The summed E-state index contributed by atoms with van der Waals surface area (Å²) < 4.78 is 3.09. The molecular formula is C20H21BrN2O. The van der Waals surface area contributed by atoms with Crippen molar-refractivity contribution >= 4 is 38.4 Å². The van der Waals surface area contributed by atoms with Gasteiger partial charge in [0.1, 0.15) is 5.69 Å². The van der Waals surface area contributed by atoms with Crippen LogP contribution in [0, 0.1) is 6.92 Å². The fourth-order valence-corrected chi connectivity index (χ4v) is 3.40. The van der Waals surface area contributed by atoms with Crippen LogP contribution in [0.15, 0.2) is 46.9 Å². The molecule has 0 aliphatic heterocycles. The molecule has 0 spiro atoms. The zero-order chi connectivity index (χ0) is 17.3. The van der Waals surface area contributed by atoms with Gasteiger partial charge in [-0.25, -0.2) is 0 Å². The fraction of sp³-hybridized carbons (Fsp3) is 0.250. The maximum atomic E-state index is 12.9. The lowest BCUT2D eigenvalue weighted by molar-refractivity contribution is 0.101. The molecule has 4 heteroatoms. The summed E-state index contributed by atoms with van der Waals surface area (Å²) in [6, 6.07) is 14.1. The number of hydrogen-bond acceptors (Lipinski definition) is 1. The standard InChI is InChI=1S/C20H21BrN2O/c1-4-14-6-11-18-17(12-14)13(3)19(23(18)5-2)20(24)22-16-9-7-15(21)8-10-16/h6-12H,4-5H2,1-3H3,(H,22,24). The fourth-order valence-electron chi connectivity index (χ4n) is 3.13. The minimum atomic E-state index is -0.0640. The van der Waals surface area contributed by atoms with Crippen LogP contribution in [0.25, 0.3) is 10.9 Å². The van der Waals surface area contributed by atoms with Crippen LogP contribution in [0.1, 0.15) is 35.5 Å². The molecule has 0 saturated carbocycles. The summed E-state index contributed by atoms with van der Waals surface area (Å²) in [6.45, 7) is 7.01. The predicted octanol–water partition coefficient (Wildman–Crippen LogP) is 5.55. The molecule has 2 aromatic carbocycles. The second-order valence-corrected chi connectivity index (χ2v) is 6.80. The summed E-state index contributed by atoms with van der Waals surface area (Å²) in [7, 11) is 0. The van der Waals surface area contributed by atoms with Crippen LogP contribution in [0.2, 0.25) is 0 Å². The number of carbonyl (C=O) groups is 1. The summed E-state index contributed by atoms with van der Waals surface area (Å²) in [5.74, 6) is -0.0640. The molecule has 1 aromatic heterocycles. The van der Waals surface area contributed by atoms with Gasteiger partial charge in [-0.3, -0.25) is 4.79 Å². The first-order valence-corrected chi connectivity index (χ1v) is 9.03. The number of nitrogens with zero attached hydrogens (tertiary/aromatic N) is 1. The minimum Gasteiger partial charge on any atom is -0.337 e. The van der Waals surface area contributed by atoms with Gasteiger partial charge in [0.25, 0.3) is 5.91 Å². The van der Waals surface area contributed by atoms with Crippen LogP contribution in [-0.4, -0.2) is 10.5 Å². The number of anilines is 1. The maximum absolute atomic E-state index is 12.9. The van der Waals surface area contributed by atoms with Crippen molar-refractivity contribution in [2.45, 2.75) is 33.7 Å². The highest BCUT2D eigenvalue weighted by Crippen LogP contribution is 2.28. The third-order valence-electron chi connectivity index (χ3n) is 4.42. The number of aromatic nitrogens is 1. The molecule has 124 valence electrons. The zero-order valence-electron chi connectivity index (χ0n) is 14.2. The van der Waals surface area contributed by atoms with E-state index in [0.717, 1.165) is 45.3 Å². The number of nitrogens with one attached hydrogen (secondary N) is 1. The number of rotatable bonds is 4. The van der Waals surface area contributed by atoms with Crippen molar-refractivity contribution in [2.75, 3.05) is 5.32 Å². The molecule has 0 bridgehead atoms. The molecule has 3 aromatic rings. The van der Waals surface area contributed by atoms with Crippen molar-refractivity contribution in [3.8, 4) is 0 Å². The van der Waals surface area contributed by atoms with Crippen LogP contribution in [-0.2, 0) is 13.0 Å². The summed E-state index contributed by atoms with van der Waals surface area (Å²) in [4.78, 5) is 12.9. The van der Waals surface area contributed by atoms with Gasteiger partial charge >= 0.3 is 0 Å². The number of amides is 1. The smallest absolute Gasteiger partial charge is 0.272 e. The number of hydrogen-bond donors (Lipinski definition) is 1.